The van der Waals surface area contributed by atoms with Crippen molar-refractivity contribution in [2.45, 2.75) is 6.36 Å². The molecule has 0 unspecified atom stereocenters. The molecule has 0 saturated carbocycles. The number of nitrogens with zero attached hydrogens (tertiary/aromatic N) is 1. The average Bonchev–Trinajstić information content (AvgIpc) is 1.77. The summed E-state index contributed by atoms with van der Waals surface area (Å²) in [4.78, 5) is 12.1. The molecule has 0 heterocycles. The summed E-state index contributed by atoms with van der Waals surface area (Å²) in [5.41, 5.74) is 0. The minimum atomic E-state index is -5.86. The smallest absolute Gasteiger partial charge is 0.545 e. The fourth-order valence-electron chi connectivity index (χ4n) is 0.274. The third-order valence-electron chi connectivity index (χ3n) is 0.546. The molecule has 11 heteroatoms. The number of carbonyl (C=O) groups is 1. The van der Waals surface area contributed by atoms with E-state index in [1.165, 1.54) is 0 Å². The second-order valence-corrected chi connectivity index (χ2v) is 2.69. The molecule has 0 rings (SSSR count). The van der Waals surface area contributed by atoms with E-state index < -0.39 is 27.2 Å². The van der Waals surface area contributed by atoms with Gasteiger partial charge in [-0.1, -0.05) is 4.47 Å². The van der Waals surface area contributed by atoms with Crippen molar-refractivity contribution in [3.63, 3.8) is 0 Å². The lowest BCUT2D eigenvalue weighted by Crippen LogP contribution is -2.39. The second kappa shape index (κ2) is 3.35. The number of hydrogen-bond donors (Lipinski definition) is 1. The standard InChI is InChI=1S/C2H2F3NO6S/c3-2(4,5)12-6(1(7)8)13(9,10)11/h(H,7,8)(H,9,10,11)/p-1. The van der Waals surface area contributed by atoms with Crippen LogP contribution in [0.2, 0.25) is 0 Å². The number of amides is 1. The summed E-state index contributed by atoms with van der Waals surface area (Å²) in [6.07, 6.45) is -8.26. The Balaban J connectivity index is 4.78. The summed E-state index contributed by atoms with van der Waals surface area (Å²) in [7, 11) is -5.86. The van der Waals surface area contributed by atoms with Crippen molar-refractivity contribution in [2.24, 2.45) is 0 Å². The van der Waals surface area contributed by atoms with Gasteiger partial charge >= 0.3 is 12.5 Å². The fraction of sp³-hybridized carbons (Fsp3) is 0.500. The molecule has 1 amide bonds. The van der Waals surface area contributed by atoms with E-state index in [0.717, 1.165) is 0 Å². The summed E-state index contributed by atoms with van der Waals surface area (Å²) in [6.45, 7) is 0. The summed E-state index contributed by atoms with van der Waals surface area (Å²) in [5, 5.41) is 7.79. The van der Waals surface area contributed by atoms with Gasteiger partial charge in [-0.05, 0) is 0 Å². The van der Waals surface area contributed by atoms with Crippen LogP contribution in [0.3, 0.4) is 0 Å². The van der Waals surface area contributed by atoms with E-state index in [-0.39, 0.29) is 0 Å². The predicted octanol–water partition coefficient (Wildman–Crippen LogP) is -0.122. The van der Waals surface area contributed by atoms with Crippen LogP contribution in [0.5, 0.6) is 0 Å². The van der Waals surface area contributed by atoms with E-state index in [1.807, 2.05) is 0 Å². The van der Waals surface area contributed by atoms with Crippen molar-refractivity contribution in [1.82, 2.24) is 4.47 Å². The highest BCUT2D eigenvalue weighted by Gasteiger charge is 2.38. The van der Waals surface area contributed by atoms with Gasteiger partial charge in [-0.2, -0.15) is 4.84 Å². The monoisotopic (exact) mass is 224 g/mol. The first-order valence-electron chi connectivity index (χ1n) is 2.29. The highest BCUT2D eigenvalue weighted by Crippen LogP contribution is 2.19. The van der Waals surface area contributed by atoms with Crippen LogP contribution in [-0.4, -0.2) is 35.0 Å². The Bertz CT molecular complexity index is 293. The van der Waals surface area contributed by atoms with Gasteiger partial charge in [-0.15, -0.1) is 13.2 Å². The van der Waals surface area contributed by atoms with Gasteiger partial charge < -0.3 is 9.66 Å². The molecule has 0 aliphatic carbocycles. The zero-order chi connectivity index (χ0) is 10.9. The van der Waals surface area contributed by atoms with E-state index in [0.29, 0.717) is 0 Å². The topological polar surface area (TPSA) is 107 Å². The van der Waals surface area contributed by atoms with Crippen LogP contribution in [0.1, 0.15) is 0 Å². The van der Waals surface area contributed by atoms with Gasteiger partial charge in [0.2, 0.25) is 10.3 Å². The molecule has 0 aromatic rings. The van der Waals surface area contributed by atoms with Crippen molar-refractivity contribution in [3.8, 4) is 0 Å². The van der Waals surface area contributed by atoms with E-state index in [4.69, 9.17) is 5.11 Å². The van der Waals surface area contributed by atoms with Gasteiger partial charge in [0.15, 0.2) is 0 Å². The van der Waals surface area contributed by atoms with Gasteiger partial charge in [0.1, 0.15) is 0 Å². The maximum Gasteiger partial charge on any atom is 0.545 e. The first kappa shape index (κ1) is 11.9. The third-order valence-corrected chi connectivity index (χ3v) is 1.18. The van der Waals surface area contributed by atoms with Gasteiger partial charge in [-0.3, -0.25) is 0 Å². The van der Waals surface area contributed by atoms with Gasteiger partial charge in [0.05, 0.1) is 0 Å². The maximum absolute atomic E-state index is 11.3. The minimum absolute atomic E-state index is 1.73. The van der Waals surface area contributed by atoms with Crippen LogP contribution in [0.4, 0.5) is 18.0 Å². The first-order valence-corrected chi connectivity index (χ1v) is 3.65. The number of hydrogen-bond acceptors (Lipinski definition) is 5. The maximum atomic E-state index is 11.3. The van der Waals surface area contributed by atoms with Crippen LogP contribution >= 0.6 is 0 Å². The number of hydroxylamine groups is 1. The summed E-state index contributed by atoms with van der Waals surface area (Å²) in [5.74, 6) is 0. The molecule has 0 atom stereocenters. The molecule has 0 radical (unpaired) electrons. The van der Waals surface area contributed by atoms with Gasteiger partial charge in [0, 0.05) is 0 Å². The number of carboxylic acid groups (broad SMARTS) is 1. The molecule has 0 bridgehead atoms. The number of halogens is 3. The Labute approximate surface area is 69.1 Å². The zero-order valence-electron chi connectivity index (χ0n) is 5.48. The lowest BCUT2D eigenvalue weighted by molar-refractivity contribution is -0.380. The molecule has 1 N–H and O–H groups in total. The Morgan fingerprint density at radius 3 is 1.92 bits per heavy atom. The molecular formula is C2HF3NO6S-. The molecule has 0 aromatic carbocycles. The Morgan fingerprint density at radius 1 is 1.46 bits per heavy atom. The van der Waals surface area contributed by atoms with Crippen molar-refractivity contribution < 1.29 is 40.9 Å². The Hall–Kier alpha value is -1.07. The lowest BCUT2D eigenvalue weighted by Gasteiger charge is -2.21. The SMILES string of the molecule is O=C(O)N(OC(F)(F)F)S(=O)(=O)[O-]. The normalized spacial score (nSPS) is 12.6. The molecule has 13 heavy (non-hydrogen) atoms. The van der Waals surface area contributed by atoms with Gasteiger partial charge in [0.25, 0.3) is 0 Å². The van der Waals surface area contributed by atoms with Crippen molar-refractivity contribution in [1.29, 1.82) is 0 Å². The first-order chi connectivity index (χ1) is 5.54. The molecule has 0 spiro atoms. The number of rotatable bonds is 2. The van der Waals surface area contributed by atoms with Gasteiger partial charge in [-0.25, -0.2) is 13.2 Å². The van der Waals surface area contributed by atoms with E-state index in [9.17, 15) is 30.9 Å². The molecule has 0 aromatic heterocycles. The third kappa shape index (κ3) is 4.49. The average molecular weight is 224 g/mol. The summed E-state index contributed by atoms with van der Waals surface area (Å²) in [6, 6.07) is 0. The molecule has 0 aliphatic rings. The molecule has 7 nitrogen and oxygen atoms in total. The minimum Gasteiger partial charge on any atom is -0.729 e. The Morgan fingerprint density at radius 2 is 1.85 bits per heavy atom. The van der Waals surface area contributed by atoms with Crippen molar-refractivity contribution in [2.75, 3.05) is 0 Å². The molecule has 0 aliphatic heterocycles. The van der Waals surface area contributed by atoms with E-state index in [2.05, 4.69) is 4.84 Å². The Kier molecular flexibility index (Phi) is 3.08. The summed E-state index contributed by atoms with van der Waals surface area (Å²) < 4.78 is 61.5. The van der Waals surface area contributed by atoms with Crippen LogP contribution < -0.4 is 0 Å². The molecule has 0 fully saturated rings. The molecular weight excluding hydrogens is 223 g/mol. The van der Waals surface area contributed by atoms with Crippen molar-refractivity contribution >= 4 is 16.4 Å². The van der Waals surface area contributed by atoms with Crippen LogP contribution in [0.25, 0.3) is 0 Å². The predicted molar refractivity (Wildman–Crippen MR) is 26.7 cm³/mol. The lowest BCUT2D eigenvalue weighted by atomic mass is 11.2. The highest BCUT2D eigenvalue weighted by molar-refractivity contribution is 7.83. The number of alkyl halides is 3. The fourth-order valence-corrected chi connectivity index (χ4v) is 0.641. The molecule has 0 saturated heterocycles. The van der Waals surface area contributed by atoms with E-state index in [1.54, 1.807) is 0 Å². The van der Waals surface area contributed by atoms with Crippen molar-refractivity contribution in [3.05, 3.63) is 0 Å². The molecule has 78 valence electrons. The van der Waals surface area contributed by atoms with E-state index >= 15 is 0 Å². The van der Waals surface area contributed by atoms with Crippen LogP contribution in [-0.2, 0) is 15.1 Å². The quantitative estimate of drug-likeness (QED) is 0.517. The largest absolute Gasteiger partial charge is 0.729 e. The zero-order valence-corrected chi connectivity index (χ0v) is 6.29. The van der Waals surface area contributed by atoms with Crippen LogP contribution in [0, 0.1) is 0 Å². The summed E-state index contributed by atoms with van der Waals surface area (Å²) >= 11 is 0. The second-order valence-electron chi connectivity index (χ2n) is 1.50. The van der Waals surface area contributed by atoms with Crippen LogP contribution in [0.15, 0.2) is 0 Å². The highest BCUT2D eigenvalue weighted by atomic mass is 32.2.